The van der Waals surface area contributed by atoms with Gasteiger partial charge >= 0.3 is 5.97 Å². The summed E-state index contributed by atoms with van der Waals surface area (Å²) in [4.78, 5) is 23.1. The number of rotatable bonds is 1. The Kier molecular flexibility index (Phi) is 2.31. The second-order valence-corrected chi connectivity index (χ2v) is 3.95. The zero-order valence-corrected chi connectivity index (χ0v) is 8.25. The number of Topliss-reactive ketones (excluding diaryl/α,β-unsaturated/α-hetero) is 1. The number of ketones is 1. The fourth-order valence-electron chi connectivity index (χ4n) is 2.36. The maximum Gasteiger partial charge on any atom is 0.318 e. The Morgan fingerprint density at radius 1 is 1.50 bits per heavy atom. The molecule has 1 unspecified atom stereocenters. The van der Waals surface area contributed by atoms with Crippen LogP contribution in [0.5, 0.6) is 0 Å². The van der Waals surface area contributed by atoms with Crippen molar-refractivity contribution in [2.75, 3.05) is 13.7 Å². The zero-order valence-electron chi connectivity index (χ0n) is 8.25. The Hall–Kier alpha value is -0.900. The molecule has 14 heavy (non-hydrogen) atoms. The van der Waals surface area contributed by atoms with E-state index in [1.807, 2.05) is 0 Å². The number of carbonyl (C=O) groups is 2. The van der Waals surface area contributed by atoms with Crippen LogP contribution in [0.25, 0.3) is 0 Å². The van der Waals surface area contributed by atoms with Crippen LogP contribution in [0.4, 0.5) is 0 Å². The number of hydrogen-bond acceptors (Lipinski definition) is 4. The van der Waals surface area contributed by atoms with Gasteiger partial charge in [0.1, 0.15) is 11.5 Å². The molecule has 1 saturated heterocycles. The van der Waals surface area contributed by atoms with Gasteiger partial charge in [0.2, 0.25) is 0 Å². The molecule has 0 aromatic heterocycles. The molecule has 1 spiro atoms. The Labute approximate surface area is 82.6 Å². The lowest BCUT2D eigenvalue weighted by atomic mass is 9.91. The fraction of sp³-hybridized carbons (Fsp3) is 0.800. The van der Waals surface area contributed by atoms with Gasteiger partial charge in [-0.1, -0.05) is 0 Å². The SMILES string of the molecule is COC(=O)C1COC2(CCCC2)C1=O. The van der Waals surface area contributed by atoms with E-state index >= 15 is 0 Å². The van der Waals surface area contributed by atoms with E-state index in [1.165, 1.54) is 7.11 Å². The van der Waals surface area contributed by atoms with Crippen molar-refractivity contribution in [1.82, 2.24) is 0 Å². The van der Waals surface area contributed by atoms with E-state index < -0.39 is 17.5 Å². The molecule has 1 heterocycles. The van der Waals surface area contributed by atoms with Crippen LogP contribution in [0.1, 0.15) is 25.7 Å². The standard InChI is InChI=1S/C10H14O4/c1-13-9(12)7-6-14-10(8(7)11)4-2-3-5-10/h7H,2-6H2,1H3. The number of methoxy groups -OCH3 is 1. The van der Waals surface area contributed by atoms with E-state index in [1.54, 1.807) is 0 Å². The topological polar surface area (TPSA) is 52.6 Å². The third-order valence-corrected chi connectivity index (χ3v) is 3.19. The first-order valence-electron chi connectivity index (χ1n) is 4.96. The molecule has 4 heteroatoms. The van der Waals surface area contributed by atoms with Crippen LogP contribution in [0, 0.1) is 5.92 Å². The average Bonchev–Trinajstić information content (AvgIpc) is 2.78. The summed E-state index contributed by atoms with van der Waals surface area (Å²) in [5, 5.41) is 0. The first-order valence-corrected chi connectivity index (χ1v) is 4.96. The summed E-state index contributed by atoms with van der Waals surface area (Å²) in [5.74, 6) is -1.21. The molecule has 1 aliphatic carbocycles. The maximum absolute atomic E-state index is 11.9. The van der Waals surface area contributed by atoms with Gasteiger partial charge in [0.25, 0.3) is 0 Å². The number of ether oxygens (including phenoxy) is 2. The molecule has 78 valence electrons. The van der Waals surface area contributed by atoms with Crippen LogP contribution in [-0.4, -0.2) is 31.1 Å². The van der Waals surface area contributed by atoms with Crippen LogP contribution in [-0.2, 0) is 19.1 Å². The van der Waals surface area contributed by atoms with Crippen LogP contribution in [0.2, 0.25) is 0 Å². The number of hydrogen-bond donors (Lipinski definition) is 0. The monoisotopic (exact) mass is 198 g/mol. The summed E-state index contributed by atoms with van der Waals surface area (Å²) in [6.45, 7) is 0.200. The Morgan fingerprint density at radius 2 is 2.14 bits per heavy atom. The van der Waals surface area contributed by atoms with Crippen LogP contribution >= 0.6 is 0 Å². The minimum Gasteiger partial charge on any atom is -0.468 e. The van der Waals surface area contributed by atoms with Crippen LogP contribution in [0.3, 0.4) is 0 Å². The highest BCUT2D eigenvalue weighted by molar-refractivity contribution is 6.05. The first kappa shape index (κ1) is 9.65. The summed E-state index contributed by atoms with van der Waals surface area (Å²) in [6.07, 6.45) is 3.55. The summed E-state index contributed by atoms with van der Waals surface area (Å²) in [6, 6.07) is 0. The highest BCUT2D eigenvalue weighted by Gasteiger charge is 2.53. The van der Waals surface area contributed by atoms with Crippen molar-refractivity contribution >= 4 is 11.8 Å². The van der Waals surface area contributed by atoms with Crippen LogP contribution < -0.4 is 0 Å². The third kappa shape index (κ3) is 1.25. The predicted molar refractivity (Wildman–Crippen MR) is 47.7 cm³/mol. The molecule has 2 aliphatic rings. The minimum absolute atomic E-state index is 0.0677. The lowest BCUT2D eigenvalue weighted by Crippen LogP contribution is -2.36. The van der Waals surface area contributed by atoms with Crippen molar-refractivity contribution in [2.24, 2.45) is 5.92 Å². The molecule has 0 aromatic rings. The second kappa shape index (κ2) is 3.35. The molecular weight excluding hydrogens is 184 g/mol. The van der Waals surface area contributed by atoms with Gasteiger partial charge in [0.05, 0.1) is 13.7 Å². The van der Waals surface area contributed by atoms with Gasteiger partial charge in [-0.15, -0.1) is 0 Å². The molecule has 2 fully saturated rings. The molecule has 1 saturated carbocycles. The van der Waals surface area contributed by atoms with Crippen molar-refractivity contribution < 1.29 is 19.1 Å². The molecule has 0 amide bonds. The van der Waals surface area contributed by atoms with Crippen molar-refractivity contribution in [2.45, 2.75) is 31.3 Å². The molecular formula is C10H14O4. The summed E-state index contributed by atoms with van der Waals surface area (Å²) >= 11 is 0. The van der Waals surface area contributed by atoms with Crippen LogP contribution in [0.15, 0.2) is 0 Å². The Balaban J connectivity index is 2.14. The normalized spacial score (nSPS) is 29.8. The Bertz CT molecular complexity index is 265. The van der Waals surface area contributed by atoms with Gasteiger partial charge < -0.3 is 9.47 Å². The average molecular weight is 198 g/mol. The van der Waals surface area contributed by atoms with E-state index in [-0.39, 0.29) is 12.4 Å². The lowest BCUT2D eigenvalue weighted by Gasteiger charge is -2.19. The van der Waals surface area contributed by atoms with E-state index in [0.717, 1.165) is 25.7 Å². The van der Waals surface area contributed by atoms with Crippen molar-refractivity contribution in [1.29, 1.82) is 0 Å². The van der Waals surface area contributed by atoms with Crippen molar-refractivity contribution in [3.05, 3.63) is 0 Å². The smallest absolute Gasteiger partial charge is 0.318 e. The van der Waals surface area contributed by atoms with Gasteiger partial charge in [0, 0.05) is 0 Å². The second-order valence-electron chi connectivity index (χ2n) is 3.95. The lowest BCUT2D eigenvalue weighted by molar-refractivity contribution is -0.148. The molecule has 1 atom stereocenters. The molecule has 0 aromatic carbocycles. The van der Waals surface area contributed by atoms with Gasteiger partial charge in [-0.05, 0) is 25.7 Å². The van der Waals surface area contributed by atoms with E-state index in [2.05, 4.69) is 4.74 Å². The molecule has 1 aliphatic heterocycles. The van der Waals surface area contributed by atoms with Crippen molar-refractivity contribution in [3.63, 3.8) is 0 Å². The minimum atomic E-state index is -0.682. The van der Waals surface area contributed by atoms with Crippen molar-refractivity contribution in [3.8, 4) is 0 Å². The third-order valence-electron chi connectivity index (χ3n) is 3.19. The number of esters is 1. The predicted octanol–water partition coefficient (Wildman–Crippen LogP) is 0.688. The number of carbonyl (C=O) groups excluding carboxylic acids is 2. The molecule has 0 radical (unpaired) electrons. The summed E-state index contributed by atoms with van der Waals surface area (Å²) in [5.41, 5.74) is -0.640. The van der Waals surface area contributed by atoms with E-state index in [0.29, 0.717) is 0 Å². The van der Waals surface area contributed by atoms with E-state index in [4.69, 9.17) is 4.74 Å². The highest BCUT2D eigenvalue weighted by atomic mass is 16.5. The molecule has 4 nitrogen and oxygen atoms in total. The fourth-order valence-corrected chi connectivity index (χ4v) is 2.36. The first-order chi connectivity index (χ1) is 6.69. The van der Waals surface area contributed by atoms with Gasteiger partial charge in [0.15, 0.2) is 5.78 Å². The van der Waals surface area contributed by atoms with Gasteiger partial charge in [-0.2, -0.15) is 0 Å². The quantitative estimate of drug-likeness (QED) is 0.459. The summed E-state index contributed by atoms with van der Waals surface area (Å²) in [7, 11) is 1.30. The van der Waals surface area contributed by atoms with Gasteiger partial charge in [-0.3, -0.25) is 9.59 Å². The molecule has 0 N–H and O–H groups in total. The summed E-state index contributed by atoms with van der Waals surface area (Å²) < 4.78 is 10.1. The molecule has 2 rings (SSSR count). The largest absolute Gasteiger partial charge is 0.468 e. The highest BCUT2D eigenvalue weighted by Crippen LogP contribution is 2.40. The van der Waals surface area contributed by atoms with E-state index in [9.17, 15) is 9.59 Å². The molecule has 0 bridgehead atoms. The van der Waals surface area contributed by atoms with Gasteiger partial charge in [-0.25, -0.2) is 0 Å². The zero-order chi connectivity index (χ0) is 10.2. The Morgan fingerprint density at radius 3 is 2.71 bits per heavy atom. The maximum atomic E-state index is 11.9.